The number of carbonyl (C=O) groups excluding carboxylic acids is 1. The maximum atomic E-state index is 12.9. The van der Waals surface area contributed by atoms with Gasteiger partial charge in [0.2, 0.25) is 0 Å². The second-order valence-electron chi connectivity index (χ2n) is 7.88. The molecule has 1 saturated heterocycles. The van der Waals surface area contributed by atoms with Gasteiger partial charge in [0, 0.05) is 25.2 Å². The van der Waals surface area contributed by atoms with Crippen molar-refractivity contribution in [2.75, 3.05) is 13.1 Å². The molecule has 4 rings (SSSR count). The van der Waals surface area contributed by atoms with E-state index in [0.717, 1.165) is 42.6 Å². The zero-order valence-corrected chi connectivity index (χ0v) is 18.4. The average molecular weight is 433 g/mol. The van der Waals surface area contributed by atoms with Crippen LogP contribution in [-0.2, 0) is 6.54 Å². The Morgan fingerprint density at radius 3 is 2.16 bits per heavy atom. The van der Waals surface area contributed by atoms with Crippen LogP contribution < -0.4 is 5.73 Å². The van der Waals surface area contributed by atoms with E-state index in [1.165, 1.54) is 11.1 Å². The van der Waals surface area contributed by atoms with Gasteiger partial charge < -0.3 is 10.6 Å². The molecular weight excluding hydrogens is 404 g/mol. The molecule has 31 heavy (non-hydrogen) atoms. The summed E-state index contributed by atoms with van der Waals surface area (Å²) in [6, 6.07) is 26.7. The van der Waals surface area contributed by atoms with E-state index in [4.69, 9.17) is 5.73 Å². The molecule has 0 bridgehead atoms. The molecule has 0 unspecified atom stereocenters. The summed E-state index contributed by atoms with van der Waals surface area (Å²) in [7, 11) is 0. The summed E-state index contributed by atoms with van der Waals surface area (Å²) in [6.07, 6.45) is 6.15. The van der Waals surface area contributed by atoms with Crippen molar-refractivity contribution in [3.8, 4) is 0 Å². The Morgan fingerprint density at radius 1 is 0.871 bits per heavy atom. The van der Waals surface area contributed by atoms with Gasteiger partial charge in [-0.1, -0.05) is 78.9 Å². The number of likely N-dealkylation sites (tertiary alicyclic amines) is 1. The molecule has 1 amide bonds. The number of nitrogens with two attached hydrogens (primary N) is 1. The lowest BCUT2D eigenvalue weighted by Crippen LogP contribution is -2.37. The number of hydrogen-bond donors (Lipinski definition) is 1. The van der Waals surface area contributed by atoms with Crippen LogP contribution >= 0.6 is 12.4 Å². The lowest BCUT2D eigenvalue weighted by molar-refractivity contribution is 0.0713. The van der Waals surface area contributed by atoms with Gasteiger partial charge in [-0.3, -0.25) is 4.79 Å². The zero-order valence-electron chi connectivity index (χ0n) is 17.6. The molecule has 0 aliphatic carbocycles. The molecule has 1 aliphatic rings. The second kappa shape index (κ2) is 10.9. The van der Waals surface area contributed by atoms with E-state index in [1.807, 2.05) is 47.4 Å². The standard InChI is InChI=1S/C27H28N2O.ClH/c28-20-23-7-4-8-26(19-23)24-15-17-29(18-16-24)27(30)25-13-11-22(12-14-25)10-9-21-5-2-1-3-6-21;/h1-14,19,24H,15-18,20,28H2;1H. The Hall–Kier alpha value is -2.88. The first-order valence-electron chi connectivity index (χ1n) is 10.6. The van der Waals surface area contributed by atoms with E-state index in [9.17, 15) is 4.79 Å². The van der Waals surface area contributed by atoms with Crippen LogP contribution in [0.15, 0.2) is 78.9 Å². The Bertz CT molecular complexity index is 1010. The van der Waals surface area contributed by atoms with E-state index in [-0.39, 0.29) is 18.3 Å². The Kier molecular flexibility index (Phi) is 8.05. The van der Waals surface area contributed by atoms with Crippen molar-refractivity contribution in [3.05, 3.63) is 107 Å². The molecule has 0 atom stereocenters. The second-order valence-corrected chi connectivity index (χ2v) is 7.88. The van der Waals surface area contributed by atoms with Gasteiger partial charge in [-0.25, -0.2) is 0 Å². The molecule has 4 heteroatoms. The van der Waals surface area contributed by atoms with E-state index < -0.39 is 0 Å². The van der Waals surface area contributed by atoms with Gasteiger partial charge in [-0.15, -0.1) is 12.4 Å². The number of nitrogens with zero attached hydrogens (tertiary/aromatic N) is 1. The van der Waals surface area contributed by atoms with Gasteiger partial charge in [-0.05, 0) is 53.1 Å². The first kappa shape index (κ1) is 22.8. The zero-order chi connectivity index (χ0) is 20.8. The summed E-state index contributed by atoms with van der Waals surface area (Å²) in [5.74, 6) is 0.633. The molecule has 1 fully saturated rings. The normalized spacial score (nSPS) is 14.4. The SMILES string of the molecule is Cl.NCc1cccc(C2CCN(C(=O)c3ccc(C=Cc4ccccc4)cc3)CC2)c1. The van der Waals surface area contributed by atoms with Crippen LogP contribution in [0.4, 0.5) is 0 Å². The molecule has 0 saturated carbocycles. The molecule has 0 aromatic heterocycles. The van der Waals surface area contributed by atoms with Crippen LogP contribution in [0.25, 0.3) is 12.2 Å². The van der Waals surface area contributed by atoms with Crippen LogP contribution in [0.5, 0.6) is 0 Å². The fourth-order valence-corrected chi connectivity index (χ4v) is 4.07. The highest BCUT2D eigenvalue weighted by Gasteiger charge is 2.24. The lowest BCUT2D eigenvalue weighted by Gasteiger charge is -2.32. The smallest absolute Gasteiger partial charge is 0.253 e. The van der Waals surface area contributed by atoms with Crippen molar-refractivity contribution < 1.29 is 4.79 Å². The summed E-state index contributed by atoms with van der Waals surface area (Å²) in [6.45, 7) is 2.17. The molecule has 160 valence electrons. The molecule has 3 aromatic rings. The van der Waals surface area contributed by atoms with Crippen molar-refractivity contribution >= 4 is 30.5 Å². The summed E-state index contributed by atoms with van der Waals surface area (Å²) < 4.78 is 0. The summed E-state index contributed by atoms with van der Waals surface area (Å²) >= 11 is 0. The van der Waals surface area contributed by atoms with Gasteiger partial charge >= 0.3 is 0 Å². The predicted molar refractivity (Wildman–Crippen MR) is 131 cm³/mol. The maximum absolute atomic E-state index is 12.9. The van der Waals surface area contributed by atoms with Crippen LogP contribution in [0.3, 0.4) is 0 Å². The topological polar surface area (TPSA) is 46.3 Å². The predicted octanol–water partition coefficient (Wildman–Crippen LogP) is 5.76. The third-order valence-corrected chi connectivity index (χ3v) is 5.87. The van der Waals surface area contributed by atoms with Gasteiger partial charge in [0.15, 0.2) is 0 Å². The van der Waals surface area contributed by atoms with E-state index in [0.29, 0.717) is 12.5 Å². The van der Waals surface area contributed by atoms with Gasteiger partial charge in [0.1, 0.15) is 0 Å². The molecule has 3 nitrogen and oxygen atoms in total. The first-order chi connectivity index (χ1) is 14.7. The van der Waals surface area contributed by atoms with Crippen LogP contribution in [0.1, 0.15) is 51.4 Å². The Balaban J connectivity index is 0.00000272. The minimum absolute atomic E-state index is 0. The number of carbonyl (C=O) groups is 1. The minimum Gasteiger partial charge on any atom is -0.339 e. The fraction of sp³-hybridized carbons (Fsp3) is 0.222. The number of piperidine rings is 1. The van der Waals surface area contributed by atoms with E-state index in [2.05, 4.69) is 48.6 Å². The maximum Gasteiger partial charge on any atom is 0.253 e. The number of rotatable bonds is 5. The number of amides is 1. The van der Waals surface area contributed by atoms with E-state index in [1.54, 1.807) is 0 Å². The van der Waals surface area contributed by atoms with E-state index >= 15 is 0 Å². The summed E-state index contributed by atoms with van der Waals surface area (Å²) in [5, 5.41) is 0. The third-order valence-electron chi connectivity index (χ3n) is 5.87. The highest BCUT2D eigenvalue weighted by Crippen LogP contribution is 2.29. The molecule has 0 radical (unpaired) electrons. The van der Waals surface area contributed by atoms with Gasteiger partial charge in [-0.2, -0.15) is 0 Å². The van der Waals surface area contributed by atoms with Crippen LogP contribution in [-0.4, -0.2) is 23.9 Å². The highest BCUT2D eigenvalue weighted by atomic mass is 35.5. The van der Waals surface area contributed by atoms with Crippen molar-refractivity contribution in [3.63, 3.8) is 0 Å². The lowest BCUT2D eigenvalue weighted by atomic mass is 9.88. The fourth-order valence-electron chi connectivity index (χ4n) is 4.07. The molecule has 2 N–H and O–H groups in total. The van der Waals surface area contributed by atoms with Crippen molar-refractivity contribution in [1.29, 1.82) is 0 Å². The minimum atomic E-state index is 0. The molecule has 3 aromatic carbocycles. The molecule has 0 spiro atoms. The molecular formula is C27H29ClN2O. The largest absolute Gasteiger partial charge is 0.339 e. The first-order valence-corrected chi connectivity index (χ1v) is 10.6. The monoisotopic (exact) mass is 432 g/mol. The van der Waals surface area contributed by atoms with Crippen LogP contribution in [0, 0.1) is 0 Å². The number of benzene rings is 3. The number of hydrogen-bond acceptors (Lipinski definition) is 2. The molecule has 1 aliphatic heterocycles. The summed E-state index contributed by atoms with van der Waals surface area (Å²) in [4.78, 5) is 14.9. The average Bonchev–Trinajstić information content (AvgIpc) is 2.83. The van der Waals surface area contributed by atoms with Crippen molar-refractivity contribution in [1.82, 2.24) is 4.90 Å². The van der Waals surface area contributed by atoms with Crippen molar-refractivity contribution in [2.45, 2.75) is 25.3 Å². The van der Waals surface area contributed by atoms with Crippen LogP contribution in [0.2, 0.25) is 0 Å². The van der Waals surface area contributed by atoms with Gasteiger partial charge in [0.05, 0.1) is 0 Å². The summed E-state index contributed by atoms with van der Waals surface area (Å²) in [5.41, 5.74) is 11.3. The Labute approximate surface area is 191 Å². The van der Waals surface area contributed by atoms with Gasteiger partial charge in [0.25, 0.3) is 5.91 Å². The highest BCUT2D eigenvalue weighted by molar-refractivity contribution is 5.94. The third kappa shape index (κ3) is 5.84. The Morgan fingerprint density at radius 2 is 1.52 bits per heavy atom. The number of halogens is 1. The molecule has 1 heterocycles. The van der Waals surface area contributed by atoms with Crippen molar-refractivity contribution in [2.24, 2.45) is 5.73 Å². The quantitative estimate of drug-likeness (QED) is 0.521.